The molecular formula is C19H21FN4O2S2. The van der Waals surface area contributed by atoms with Crippen LogP contribution in [0.4, 0.5) is 4.39 Å². The largest absolute Gasteiger partial charge is 0.344 e. The maximum absolute atomic E-state index is 13.3. The minimum absolute atomic E-state index is 0.124. The molecule has 0 radical (unpaired) electrons. The quantitative estimate of drug-likeness (QED) is 0.519. The van der Waals surface area contributed by atoms with Crippen molar-refractivity contribution in [1.82, 2.24) is 20.1 Å². The van der Waals surface area contributed by atoms with Crippen LogP contribution in [0.1, 0.15) is 36.2 Å². The number of carbonyl (C=O) groups is 1. The molecule has 2 heterocycles. The van der Waals surface area contributed by atoms with Crippen molar-refractivity contribution in [3.05, 3.63) is 68.5 Å². The molecule has 0 aliphatic carbocycles. The summed E-state index contributed by atoms with van der Waals surface area (Å²) in [7, 11) is 0. The summed E-state index contributed by atoms with van der Waals surface area (Å²) in [5.74, 6) is -0.385. The molecule has 2 N–H and O–H groups in total. The molecule has 28 heavy (non-hydrogen) atoms. The lowest BCUT2D eigenvalue weighted by Crippen LogP contribution is -2.30. The lowest BCUT2D eigenvalue weighted by Gasteiger charge is -2.18. The maximum Gasteiger partial charge on any atom is 0.343 e. The van der Waals surface area contributed by atoms with Crippen LogP contribution in [0.25, 0.3) is 0 Å². The van der Waals surface area contributed by atoms with Crippen LogP contribution in [0, 0.1) is 5.82 Å². The van der Waals surface area contributed by atoms with Crippen molar-refractivity contribution in [2.75, 3.05) is 5.75 Å². The summed E-state index contributed by atoms with van der Waals surface area (Å²) in [5, 5.41) is 11.9. The Morgan fingerprint density at radius 3 is 2.82 bits per heavy atom. The van der Waals surface area contributed by atoms with Crippen molar-refractivity contribution >= 4 is 29.0 Å². The van der Waals surface area contributed by atoms with Gasteiger partial charge in [0.1, 0.15) is 5.82 Å². The van der Waals surface area contributed by atoms with Crippen LogP contribution in [0.5, 0.6) is 0 Å². The minimum atomic E-state index is -0.352. The van der Waals surface area contributed by atoms with Gasteiger partial charge in [0.2, 0.25) is 5.91 Å². The van der Waals surface area contributed by atoms with Crippen LogP contribution in [0.2, 0.25) is 0 Å². The van der Waals surface area contributed by atoms with Crippen molar-refractivity contribution in [3.63, 3.8) is 0 Å². The third-order valence-corrected chi connectivity index (χ3v) is 6.04. The molecule has 0 aliphatic heterocycles. The van der Waals surface area contributed by atoms with E-state index in [1.165, 1.54) is 35.2 Å². The van der Waals surface area contributed by atoms with Gasteiger partial charge in [-0.3, -0.25) is 9.36 Å². The van der Waals surface area contributed by atoms with Crippen LogP contribution < -0.4 is 11.0 Å². The molecule has 0 unspecified atom stereocenters. The van der Waals surface area contributed by atoms with E-state index < -0.39 is 0 Å². The zero-order chi connectivity index (χ0) is 19.9. The summed E-state index contributed by atoms with van der Waals surface area (Å²) in [6.45, 7) is 2.62. The van der Waals surface area contributed by atoms with Gasteiger partial charge in [0.15, 0.2) is 5.16 Å². The number of rotatable bonds is 9. The van der Waals surface area contributed by atoms with E-state index in [2.05, 4.69) is 15.5 Å². The Kier molecular flexibility index (Phi) is 7.05. The number of hydrogen-bond donors (Lipinski definition) is 2. The highest BCUT2D eigenvalue weighted by Gasteiger charge is 2.19. The molecular weight excluding hydrogens is 399 g/mol. The van der Waals surface area contributed by atoms with E-state index in [0.29, 0.717) is 11.7 Å². The highest BCUT2D eigenvalue weighted by Crippen LogP contribution is 2.26. The second kappa shape index (κ2) is 9.70. The van der Waals surface area contributed by atoms with Crippen molar-refractivity contribution in [2.24, 2.45) is 0 Å². The lowest BCUT2D eigenvalue weighted by molar-refractivity contribution is -0.119. The molecule has 0 fully saturated rings. The first-order valence-corrected chi connectivity index (χ1v) is 10.8. The number of amides is 1. The molecule has 0 spiro atoms. The van der Waals surface area contributed by atoms with E-state index in [9.17, 15) is 14.0 Å². The van der Waals surface area contributed by atoms with Gasteiger partial charge in [-0.15, -0.1) is 16.4 Å². The Bertz CT molecular complexity index is 951. The topological polar surface area (TPSA) is 79.8 Å². The predicted molar refractivity (Wildman–Crippen MR) is 109 cm³/mol. The van der Waals surface area contributed by atoms with Gasteiger partial charge in [0.05, 0.1) is 11.8 Å². The number of H-pyrrole nitrogens is 1. The zero-order valence-electron chi connectivity index (χ0n) is 15.4. The zero-order valence-corrected chi connectivity index (χ0v) is 17.0. The predicted octanol–water partition coefficient (Wildman–Crippen LogP) is 3.57. The van der Waals surface area contributed by atoms with Gasteiger partial charge < -0.3 is 5.32 Å². The van der Waals surface area contributed by atoms with E-state index in [1.54, 1.807) is 16.7 Å². The Morgan fingerprint density at radius 1 is 1.36 bits per heavy atom. The van der Waals surface area contributed by atoms with E-state index >= 15 is 0 Å². The molecule has 0 bridgehead atoms. The number of thiophene rings is 1. The van der Waals surface area contributed by atoms with Crippen LogP contribution >= 0.6 is 23.1 Å². The number of unbranched alkanes of at least 4 members (excludes halogenated alkanes) is 1. The average molecular weight is 421 g/mol. The molecule has 148 valence electrons. The summed E-state index contributed by atoms with van der Waals surface area (Å²) in [5.41, 5.74) is 0.543. The summed E-state index contributed by atoms with van der Waals surface area (Å²) < 4.78 is 14.8. The fourth-order valence-electron chi connectivity index (χ4n) is 2.69. The Balaban J connectivity index is 1.68. The number of hydrogen-bond acceptors (Lipinski definition) is 5. The molecule has 0 aliphatic rings. The van der Waals surface area contributed by atoms with Crippen LogP contribution in [0.3, 0.4) is 0 Å². The smallest absolute Gasteiger partial charge is 0.343 e. The second-order valence-corrected chi connectivity index (χ2v) is 8.09. The van der Waals surface area contributed by atoms with Gasteiger partial charge in [-0.1, -0.05) is 43.3 Å². The van der Waals surface area contributed by atoms with Crippen molar-refractivity contribution < 1.29 is 9.18 Å². The van der Waals surface area contributed by atoms with E-state index in [-0.39, 0.29) is 29.2 Å². The van der Waals surface area contributed by atoms with Gasteiger partial charge in [-0.05, 0) is 35.6 Å². The molecule has 1 aromatic carbocycles. The van der Waals surface area contributed by atoms with Gasteiger partial charge in [-0.25, -0.2) is 14.3 Å². The molecule has 9 heteroatoms. The summed E-state index contributed by atoms with van der Waals surface area (Å²) in [6.07, 6.45) is 1.83. The maximum atomic E-state index is 13.3. The Labute approximate surface area is 170 Å². The highest BCUT2D eigenvalue weighted by molar-refractivity contribution is 7.99. The summed E-state index contributed by atoms with van der Waals surface area (Å²) in [4.78, 5) is 25.4. The molecule has 3 rings (SSSR count). The highest BCUT2D eigenvalue weighted by atomic mass is 32.2. The van der Waals surface area contributed by atoms with E-state index in [4.69, 9.17) is 0 Å². The SMILES string of the molecule is CCCCn1c(SCC(=O)N[C@H](c2ccc(F)cc2)c2cccs2)n[nH]c1=O. The molecule has 0 saturated carbocycles. The summed E-state index contributed by atoms with van der Waals surface area (Å²) in [6, 6.07) is 9.60. The summed E-state index contributed by atoms with van der Waals surface area (Å²) >= 11 is 2.74. The van der Waals surface area contributed by atoms with Crippen molar-refractivity contribution in [2.45, 2.75) is 37.5 Å². The Hall–Kier alpha value is -2.39. The fraction of sp³-hybridized carbons (Fsp3) is 0.316. The number of aromatic amines is 1. The van der Waals surface area contributed by atoms with Crippen LogP contribution in [0.15, 0.2) is 51.7 Å². The van der Waals surface area contributed by atoms with Gasteiger partial charge in [0.25, 0.3) is 0 Å². The lowest BCUT2D eigenvalue weighted by atomic mass is 10.1. The third-order valence-electron chi connectivity index (χ3n) is 4.13. The normalized spacial score (nSPS) is 12.1. The number of nitrogens with zero attached hydrogens (tertiary/aromatic N) is 2. The first-order valence-electron chi connectivity index (χ1n) is 8.94. The van der Waals surface area contributed by atoms with E-state index in [1.807, 2.05) is 24.4 Å². The molecule has 2 aromatic heterocycles. The molecule has 1 amide bonds. The fourth-order valence-corrected chi connectivity index (χ4v) is 4.28. The van der Waals surface area contributed by atoms with Crippen LogP contribution in [-0.2, 0) is 11.3 Å². The first-order chi connectivity index (χ1) is 13.6. The van der Waals surface area contributed by atoms with Gasteiger partial charge in [-0.2, -0.15) is 0 Å². The number of halogens is 1. The number of aromatic nitrogens is 3. The molecule has 0 saturated heterocycles. The number of benzene rings is 1. The monoisotopic (exact) mass is 420 g/mol. The Morgan fingerprint density at radius 2 is 2.14 bits per heavy atom. The van der Waals surface area contributed by atoms with Crippen molar-refractivity contribution in [1.29, 1.82) is 0 Å². The van der Waals surface area contributed by atoms with Crippen LogP contribution in [-0.4, -0.2) is 26.4 Å². The molecule has 1 atom stereocenters. The third kappa shape index (κ3) is 5.11. The second-order valence-electron chi connectivity index (χ2n) is 6.17. The minimum Gasteiger partial charge on any atom is -0.344 e. The first kappa shape index (κ1) is 20.3. The number of thioether (sulfide) groups is 1. The van der Waals surface area contributed by atoms with Crippen molar-refractivity contribution in [3.8, 4) is 0 Å². The molecule has 6 nitrogen and oxygen atoms in total. The number of nitrogens with one attached hydrogen (secondary N) is 2. The van der Waals surface area contributed by atoms with Gasteiger partial charge >= 0.3 is 5.69 Å². The van der Waals surface area contributed by atoms with E-state index in [0.717, 1.165) is 23.3 Å². The standard InChI is InChI=1S/C19H21FN4O2S2/c1-2-3-10-24-18(26)22-23-19(24)28-12-16(25)21-17(15-5-4-11-27-15)13-6-8-14(20)9-7-13/h4-9,11,17H,2-3,10,12H2,1H3,(H,21,25)(H,22,26)/t17-/m1/s1. The number of carbonyl (C=O) groups excluding carboxylic acids is 1. The molecule has 3 aromatic rings. The van der Waals surface area contributed by atoms with Gasteiger partial charge in [0, 0.05) is 11.4 Å². The average Bonchev–Trinajstić information content (AvgIpc) is 3.34.